The first kappa shape index (κ1) is 26.8. The molecule has 2 aromatic carbocycles. The van der Waals surface area contributed by atoms with Crippen LogP contribution in [0.4, 0.5) is 11.4 Å². The summed E-state index contributed by atoms with van der Waals surface area (Å²) in [6, 6.07) is 20.9. The number of nitro benzene ring substituents is 1. The minimum Gasteiger partial charge on any atom is -0.494 e. The van der Waals surface area contributed by atoms with Gasteiger partial charge in [-0.05, 0) is 68.0 Å². The van der Waals surface area contributed by atoms with Crippen molar-refractivity contribution in [1.82, 2.24) is 19.8 Å². The fraction of sp³-hybridized carbons (Fsp3) is 0.207. The van der Waals surface area contributed by atoms with Crippen molar-refractivity contribution in [2.45, 2.75) is 25.9 Å². The summed E-state index contributed by atoms with van der Waals surface area (Å²) in [6.45, 7) is 3.96. The van der Waals surface area contributed by atoms with Crippen molar-refractivity contribution in [2.75, 3.05) is 19.0 Å². The van der Waals surface area contributed by atoms with Crippen LogP contribution in [0, 0.1) is 24.0 Å². The Hall–Kier alpha value is -4.77. The molecule has 0 radical (unpaired) electrons. The molecule has 4 aromatic rings. The molecule has 1 saturated heterocycles. The summed E-state index contributed by atoms with van der Waals surface area (Å²) < 4.78 is 7.54. The van der Waals surface area contributed by atoms with E-state index in [4.69, 9.17) is 17.0 Å². The Labute approximate surface area is 236 Å². The van der Waals surface area contributed by atoms with E-state index in [-0.39, 0.29) is 30.2 Å². The van der Waals surface area contributed by atoms with E-state index in [9.17, 15) is 14.9 Å². The van der Waals surface area contributed by atoms with Crippen molar-refractivity contribution in [3.05, 3.63) is 112 Å². The van der Waals surface area contributed by atoms with Crippen LogP contribution < -0.4 is 15.4 Å². The second-order valence-corrected chi connectivity index (χ2v) is 9.83. The number of aromatic nitrogens is 2. The summed E-state index contributed by atoms with van der Waals surface area (Å²) in [5.41, 5.74) is 4.82. The molecule has 40 heavy (non-hydrogen) atoms. The highest BCUT2D eigenvalue weighted by Crippen LogP contribution is 2.42. The molecule has 3 heterocycles. The van der Waals surface area contributed by atoms with Crippen LogP contribution >= 0.6 is 12.2 Å². The van der Waals surface area contributed by atoms with Gasteiger partial charge in [0, 0.05) is 29.3 Å². The zero-order valence-corrected chi connectivity index (χ0v) is 23.0. The number of anilines is 1. The molecule has 2 aromatic heterocycles. The van der Waals surface area contributed by atoms with Gasteiger partial charge in [0.05, 0.1) is 41.6 Å². The first-order valence-electron chi connectivity index (χ1n) is 12.6. The lowest BCUT2D eigenvalue weighted by atomic mass is 9.96. The highest BCUT2D eigenvalue weighted by Gasteiger charge is 2.42. The van der Waals surface area contributed by atoms with E-state index < -0.39 is 4.92 Å². The third-order valence-corrected chi connectivity index (χ3v) is 7.33. The van der Waals surface area contributed by atoms with E-state index in [0.717, 1.165) is 22.6 Å². The molecule has 2 atom stereocenters. The minimum absolute atomic E-state index is 0.0270. The van der Waals surface area contributed by atoms with Crippen molar-refractivity contribution in [2.24, 2.45) is 0 Å². The van der Waals surface area contributed by atoms with Crippen molar-refractivity contribution >= 4 is 34.6 Å². The fourth-order valence-electron chi connectivity index (χ4n) is 5.21. The molecule has 2 N–H and O–H groups in total. The molecule has 0 saturated carbocycles. The van der Waals surface area contributed by atoms with Crippen LogP contribution in [-0.4, -0.2) is 44.0 Å². The molecule has 5 rings (SSSR count). The number of carbonyl (C=O) groups excluding carboxylic acids is 1. The summed E-state index contributed by atoms with van der Waals surface area (Å²) in [4.78, 5) is 30.5. The maximum Gasteiger partial charge on any atom is 0.273 e. The summed E-state index contributed by atoms with van der Waals surface area (Å²) in [5, 5.41) is 18.1. The number of para-hydroxylation sites is 1. The monoisotopic (exact) mass is 556 g/mol. The molecule has 1 aliphatic rings. The van der Waals surface area contributed by atoms with E-state index in [1.54, 1.807) is 12.3 Å². The van der Waals surface area contributed by atoms with E-state index in [1.165, 1.54) is 19.2 Å². The van der Waals surface area contributed by atoms with Gasteiger partial charge in [-0.25, -0.2) is 0 Å². The lowest BCUT2D eigenvalue weighted by molar-refractivity contribution is -0.384. The number of aryl methyl sites for hydroxylation is 1. The first-order valence-corrected chi connectivity index (χ1v) is 13.0. The third-order valence-electron chi connectivity index (χ3n) is 6.97. The SMILES string of the molecule is COc1cc([N+](=O)[O-])ccc1-n1c(C)cc([C@H]2[C@@H](c3ccccn3)NC(=S)N2CC(=O)Nc2ccccc2)c1C. The van der Waals surface area contributed by atoms with Crippen LogP contribution in [0.3, 0.4) is 0 Å². The Morgan fingerprint density at radius 2 is 1.88 bits per heavy atom. The summed E-state index contributed by atoms with van der Waals surface area (Å²) in [7, 11) is 1.49. The lowest BCUT2D eigenvalue weighted by Crippen LogP contribution is -2.37. The maximum absolute atomic E-state index is 13.2. The van der Waals surface area contributed by atoms with Gasteiger partial charge in [-0.15, -0.1) is 0 Å². The number of benzene rings is 2. The Kier molecular flexibility index (Phi) is 7.47. The highest BCUT2D eigenvalue weighted by molar-refractivity contribution is 7.80. The molecule has 1 aliphatic heterocycles. The van der Waals surface area contributed by atoms with Crippen molar-refractivity contribution < 1.29 is 14.5 Å². The molecule has 0 spiro atoms. The largest absolute Gasteiger partial charge is 0.494 e. The average Bonchev–Trinajstić information content (AvgIpc) is 3.43. The van der Waals surface area contributed by atoms with Gasteiger partial charge in [0.2, 0.25) is 5.91 Å². The van der Waals surface area contributed by atoms with Gasteiger partial charge < -0.3 is 24.8 Å². The number of nitro groups is 1. The summed E-state index contributed by atoms with van der Waals surface area (Å²) in [6.07, 6.45) is 1.73. The number of pyridine rings is 1. The number of thiocarbonyl (C=S) groups is 1. The summed E-state index contributed by atoms with van der Waals surface area (Å²) >= 11 is 5.75. The number of hydrogen-bond donors (Lipinski definition) is 2. The summed E-state index contributed by atoms with van der Waals surface area (Å²) in [5.74, 6) is 0.177. The van der Waals surface area contributed by atoms with E-state index in [2.05, 4.69) is 21.7 Å². The van der Waals surface area contributed by atoms with E-state index in [1.807, 2.05) is 71.8 Å². The molecule has 1 amide bonds. The topological polar surface area (TPSA) is 115 Å². The average molecular weight is 557 g/mol. The molecule has 0 bridgehead atoms. The number of hydrogen-bond acceptors (Lipinski definition) is 6. The maximum atomic E-state index is 13.2. The van der Waals surface area contributed by atoms with Gasteiger partial charge in [-0.2, -0.15) is 0 Å². The molecule has 10 nitrogen and oxygen atoms in total. The Morgan fingerprint density at radius 1 is 1.12 bits per heavy atom. The Morgan fingerprint density at radius 3 is 2.55 bits per heavy atom. The van der Waals surface area contributed by atoms with Crippen molar-refractivity contribution in [1.29, 1.82) is 0 Å². The van der Waals surface area contributed by atoms with Crippen molar-refractivity contribution in [3.8, 4) is 11.4 Å². The number of ether oxygens (including phenoxy) is 1. The minimum atomic E-state index is -0.450. The molecule has 204 valence electrons. The van der Waals surface area contributed by atoms with Gasteiger partial charge in [0.15, 0.2) is 5.11 Å². The Balaban J connectivity index is 1.57. The number of methoxy groups -OCH3 is 1. The van der Waals surface area contributed by atoms with Crippen LogP contribution in [-0.2, 0) is 4.79 Å². The predicted octanol–water partition coefficient (Wildman–Crippen LogP) is 5.02. The first-order chi connectivity index (χ1) is 19.3. The predicted molar refractivity (Wildman–Crippen MR) is 156 cm³/mol. The van der Waals surface area contributed by atoms with Crippen LogP contribution in [0.1, 0.15) is 34.7 Å². The third kappa shape index (κ3) is 5.10. The number of carbonyl (C=O) groups is 1. The molecule has 11 heteroatoms. The van der Waals surface area contributed by atoms with E-state index in [0.29, 0.717) is 22.2 Å². The standard InChI is InChI=1S/C29H28N6O4S/c1-18-15-22(19(2)34(18)24-13-12-21(35(37)38)16-25(24)39-3)28-27(23-11-7-8-14-30-23)32-29(40)33(28)17-26(36)31-20-9-5-4-6-10-20/h4-16,27-28H,17H2,1-3H3,(H,31,36)(H,32,40)/t27-,28+/m1/s1. The molecule has 1 fully saturated rings. The second kappa shape index (κ2) is 11.1. The van der Waals surface area contributed by atoms with Crippen LogP contribution in [0.5, 0.6) is 5.75 Å². The van der Waals surface area contributed by atoms with E-state index >= 15 is 0 Å². The number of non-ortho nitro benzene ring substituents is 1. The lowest BCUT2D eigenvalue weighted by Gasteiger charge is -2.27. The van der Waals surface area contributed by atoms with Crippen LogP contribution in [0.25, 0.3) is 5.69 Å². The smallest absolute Gasteiger partial charge is 0.273 e. The second-order valence-electron chi connectivity index (χ2n) is 9.44. The molecular formula is C29H28N6O4S. The zero-order chi connectivity index (χ0) is 28.4. The molecule has 0 aliphatic carbocycles. The molecular weight excluding hydrogens is 528 g/mol. The van der Waals surface area contributed by atoms with Gasteiger partial charge in [-0.1, -0.05) is 24.3 Å². The quantitative estimate of drug-likeness (QED) is 0.177. The molecule has 0 unspecified atom stereocenters. The van der Waals surface area contributed by atoms with Gasteiger partial charge in [-0.3, -0.25) is 19.9 Å². The number of nitrogens with one attached hydrogen (secondary N) is 2. The normalized spacial score (nSPS) is 16.5. The van der Waals surface area contributed by atoms with Crippen molar-refractivity contribution in [3.63, 3.8) is 0 Å². The number of rotatable bonds is 8. The van der Waals surface area contributed by atoms with Gasteiger partial charge in [0.1, 0.15) is 12.3 Å². The van der Waals surface area contributed by atoms with Gasteiger partial charge >= 0.3 is 0 Å². The fourth-order valence-corrected chi connectivity index (χ4v) is 5.52. The highest BCUT2D eigenvalue weighted by atomic mass is 32.1. The van der Waals surface area contributed by atoms with Crippen LogP contribution in [0.15, 0.2) is 79.0 Å². The van der Waals surface area contributed by atoms with Gasteiger partial charge in [0.25, 0.3) is 5.69 Å². The Bertz CT molecular complexity index is 1570. The number of nitrogens with zero attached hydrogens (tertiary/aromatic N) is 4. The zero-order valence-electron chi connectivity index (χ0n) is 22.2. The van der Waals surface area contributed by atoms with Crippen LogP contribution in [0.2, 0.25) is 0 Å². The number of amides is 1.